The highest BCUT2D eigenvalue weighted by molar-refractivity contribution is 7.12. The van der Waals surface area contributed by atoms with Gasteiger partial charge in [0.05, 0.1) is 9.88 Å². The van der Waals surface area contributed by atoms with Crippen molar-refractivity contribution in [3.63, 3.8) is 0 Å². The molecule has 0 saturated carbocycles. The predicted molar refractivity (Wildman–Crippen MR) is 75.9 cm³/mol. The molecule has 1 aliphatic rings. The summed E-state index contributed by atoms with van der Waals surface area (Å²) < 4.78 is 0. The third-order valence-corrected chi connectivity index (χ3v) is 4.71. The molecule has 2 rings (SSSR count). The van der Waals surface area contributed by atoms with Crippen LogP contribution >= 0.6 is 11.3 Å². The number of nitrogens with zero attached hydrogens (tertiary/aromatic N) is 3. The number of thiazole rings is 1. The van der Waals surface area contributed by atoms with Crippen LogP contribution in [0, 0.1) is 0 Å². The summed E-state index contributed by atoms with van der Waals surface area (Å²) in [6.07, 6.45) is 0. The lowest BCUT2D eigenvalue weighted by Gasteiger charge is -2.31. The standard InChI is InChI=1S/C13H21N3O2S/c1-9(2)12-14-11(13(17)18)10(19-12)8-16-6-4-15(3)5-7-16/h9H,4-8H2,1-3H3,(H,17,18). The van der Waals surface area contributed by atoms with Gasteiger partial charge >= 0.3 is 5.97 Å². The molecular formula is C13H21N3O2S. The first kappa shape index (κ1) is 14.4. The minimum absolute atomic E-state index is 0.243. The van der Waals surface area contributed by atoms with Gasteiger partial charge in [0, 0.05) is 38.6 Å². The number of aromatic nitrogens is 1. The van der Waals surface area contributed by atoms with Crippen LogP contribution in [-0.2, 0) is 6.54 Å². The fraction of sp³-hybridized carbons (Fsp3) is 0.692. The van der Waals surface area contributed by atoms with Gasteiger partial charge in [0.2, 0.25) is 0 Å². The maximum Gasteiger partial charge on any atom is 0.355 e. The Morgan fingerprint density at radius 3 is 2.53 bits per heavy atom. The second kappa shape index (κ2) is 5.98. The molecule has 0 amide bonds. The van der Waals surface area contributed by atoms with Crippen molar-refractivity contribution in [1.82, 2.24) is 14.8 Å². The highest BCUT2D eigenvalue weighted by atomic mass is 32.1. The zero-order valence-corrected chi connectivity index (χ0v) is 12.5. The van der Waals surface area contributed by atoms with E-state index in [9.17, 15) is 9.90 Å². The first-order valence-electron chi connectivity index (χ1n) is 6.61. The molecule has 1 saturated heterocycles. The smallest absolute Gasteiger partial charge is 0.355 e. The summed E-state index contributed by atoms with van der Waals surface area (Å²) in [5, 5.41) is 10.2. The minimum Gasteiger partial charge on any atom is -0.476 e. The number of carboxylic acid groups (broad SMARTS) is 1. The van der Waals surface area contributed by atoms with Crippen molar-refractivity contribution in [1.29, 1.82) is 0 Å². The minimum atomic E-state index is -0.910. The van der Waals surface area contributed by atoms with Crippen LogP contribution in [0.4, 0.5) is 0 Å². The highest BCUT2D eigenvalue weighted by Crippen LogP contribution is 2.26. The fourth-order valence-electron chi connectivity index (χ4n) is 2.10. The summed E-state index contributed by atoms with van der Waals surface area (Å²) in [5.41, 5.74) is 0.243. The average Bonchev–Trinajstić information content (AvgIpc) is 2.76. The largest absolute Gasteiger partial charge is 0.476 e. The van der Waals surface area contributed by atoms with Crippen LogP contribution in [-0.4, -0.2) is 59.1 Å². The Bertz CT molecular complexity index is 451. The molecule has 5 nitrogen and oxygen atoms in total. The summed E-state index contributed by atoms with van der Waals surface area (Å²) in [6, 6.07) is 0. The molecule has 0 radical (unpaired) electrons. The maximum absolute atomic E-state index is 11.3. The van der Waals surface area contributed by atoms with Crippen LogP contribution in [0.1, 0.15) is 40.1 Å². The molecule has 19 heavy (non-hydrogen) atoms. The number of aromatic carboxylic acids is 1. The molecule has 0 spiro atoms. The van der Waals surface area contributed by atoms with E-state index in [1.807, 2.05) is 13.8 Å². The zero-order chi connectivity index (χ0) is 14.0. The van der Waals surface area contributed by atoms with E-state index in [0.717, 1.165) is 36.1 Å². The lowest BCUT2D eigenvalue weighted by molar-refractivity contribution is 0.0687. The number of hydrogen-bond donors (Lipinski definition) is 1. The van der Waals surface area contributed by atoms with Gasteiger partial charge in [0.1, 0.15) is 0 Å². The molecule has 1 fully saturated rings. The lowest BCUT2D eigenvalue weighted by Crippen LogP contribution is -2.43. The van der Waals surface area contributed by atoms with Crippen molar-refractivity contribution in [3.05, 3.63) is 15.6 Å². The Morgan fingerprint density at radius 1 is 1.37 bits per heavy atom. The lowest BCUT2D eigenvalue weighted by atomic mass is 10.2. The van der Waals surface area contributed by atoms with E-state index in [1.165, 1.54) is 0 Å². The Hall–Kier alpha value is -0.980. The van der Waals surface area contributed by atoms with Gasteiger partial charge in [0.15, 0.2) is 5.69 Å². The molecule has 1 N–H and O–H groups in total. The molecule has 106 valence electrons. The van der Waals surface area contributed by atoms with Gasteiger partial charge in [-0.1, -0.05) is 13.8 Å². The summed E-state index contributed by atoms with van der Waals surface area (Å²) in [5.74, 6) is -0.628. The van der Waals surface area contributed by atoms with Crippen LogP contribution < -0.4 is 0 Å². The monoisotopic (exact) mass is 283 g/mol. The predicted octanol–water partition coefficient (Wildman–Crippen LogP) is 1.71. The molecule has 0 aromatic carbocycles. The van der Waals surface area contributed by atoms with E-state index >= 15 is 0 Å². The Labute approximate surface area is 117 Å². The van der Waals surface area contributed by atoms with Crippen molar-refractivity contribution >= 4 is 17.3 Å². The normalized spacial score (nSPS) is 18.1. The topological polar surface area (TPSA) is 56.7 Å². The van der Waals surface area contributed by atoms with E-state index in [0.29, 0.717) is 6.54 Å². The van der Waals surface area contributed by atoms with Crippen LogP contribution in [0.5, 0.6) is 0 Å². The summed E-state index contributed by atoms with van der Waals surface area (Å²) in [6.45, 7) is 8.86. The third kappa shape index (κ3) is 3.52. The maximum atomic E-state index is 11.3. The van der Waals surface area contributed by atoms with Crippen molar-refractivity contribution in [3.8, 4) is 0 Å². The molecular weight excluding hydrogens is 262 g/mol. The van der Waals surface area contributed by atoms with Gasteiger partial charge < -0.3 is 10.0 Å². The van der Waals surface area contributed by atoms with Crippen molar-refractivity contribution < 1.29 is 9.90 Å². The summed E-state index contributed by atoms with van der Waals surface area (Å²) in [7, 11) is 2.11. The first-order valence-corrected chi connectivity index (χ1v) is 7.42. The average molecular weight is 283 g/mol. The molecule has 1 aromatic heterocycles. The van der Waals surface area contributed by atoms with Gasteiger partial charge in [-0.15, -0.1) is 11.3 Å². The van der Waals surface area contributed by atoms with Gasteiger partial charge in [0.25, 0.3) is 0 Å². The Balaban J connectivity index is 2.12. The van der Waals surface area contributed by atoms with Gasteiger partial charge in [-0.05, 0) is 7.05 Å². The van der Waals surface area contributed by atoms with Gasteiger partial charge in [-0.3, -0.25) is 4.90 Å². The van der Waals surface area contributed by atoms with Crippen LogP contribution in [0.15, 0.2) is 0 Å². The van der Waals surface area contributed by atoms with Gasteiger partial charge in [-0.2, -0.15) is 0 Å². The van der Waals surface area contributed by atoms with E-state index < -0.39 is 5.97 Å². The van der Waals surface area contributed by atoms with Crippen LogP contribution in [0.3, 0.4) is 0 Å². The van der Waals surface area contributed by atoms with Crippen LogP contribution in [0.25, 0.3) is 0 Å². The molecule has 0 bridgehead atoms. The SMILES string of the molecule is CC(C)c1nc(C(=O)O)c(CN2CCN(C)CC2)s1. The Morgan fingerprint density at radius 2 is 2.00 bits per heavy atom. The Kier molecular flexibility index (Phi) is 4.54. The zero-order valence-electron chi connectivity index (χ0n) is 11.7. The molecule has 2 heterocycles. The molecule has 1 aromatic rings. The van der Waals surface area contributed by atoms with E-state index in [2.05, 4.69) is 21.8 Å². The first-order chi connectivity index (χ1) is 8.97. The highest BCUT2D eigenvalue weighted by Gasteiger charge is 2.22. The molecule has 0 aliphatic carbocycles. The van der Waals surface area contributed by atoms with E-state index in [4.69, 9.17) is 0 Å². The number of piperazine rings is 1. The summed E-state index contributed by atoms with van der Waals surface area (Å²) in [4.78, 5) is 21.0. The molecule has 1 aliphatic heterocycles. The van der Waals surface area contributed by atoms with Crippen LogP contribution in [0.2, 0.25) is 0 Å². The van der Waals surface area contributed by atoms with Crippen molar-refractivity contribution in [2.75, 3.05) is 33.2 Å². The van der Waals surface area contributed by atoms with E-state index in [1.54, 1.807) is 11.3 Å². The molecule has 6 heteroatoms. The van der Waals surface area contributed by atoms with Gasteiger partial charge in [-0.25, -0.2) is 9.78 Å². The summed E-state index contributed by atoms with van der Waals surface area (Å²) >= 11 is 1.54. The van der Waals surface area contributed by atoms with Crippen molar-refractivity contribution in [2.45, 2.75) is 26.3 Å². The van der Waals surface area contributed by atoms with Crippen molar-refractivity contribution in [2.24, 2.45) is 0 Å². The number of hydrogen-bond acceptors (Lipinski definition) is 5. The number of carboxylic acids is 1. The quantitative estimate of drug-likeness (QED) is 0.911. The number of rotatable bonds is 4. The number of carbonyl (C=O) groups is 1. The number of likely N-dealkylation sites (N-methyl/N-ethyl adjacent to an activating group) is 1. The second-order valence-electron chi connectivity index (χ2n) is 5.36. The third-order valence-electron chi connectivity index (χ3n) is 3.37. The second-order valence-corrected chi connectivity index (χ2v) is 6.48. The molecule has 0 atom stereocenters. The fourth-order valence-corrected chi connectivity index (χ4v) is 3.20. The molecule has 0 unspecified atom stereocenters. The van der Waals surface area contributed by atoms with E-state index in [-0.39, 0.29) is 11.6 Å².